The van der Waals surface area contributed by atoms with Gasteiger partial charge in [-0.3, -0.25) is 24.2 Å². The van der Waals surface area contributed by atoms with Gasteiger partial charge >= 0.3 is 17.9 Å². The summed E-state index contributed by atoms with van der Waals surface area (Å²) in [7, 11) is 4.23. The van der Waals surface area contributed by atoms with E-state index in [1.165, 1.54) is 26.0 Å². The number of nitrogens with zero attached hydrogens (tertiary/aromatic N) is 3. The van der Waals surface area contributed by atoms with Gasteiger partial charge in [0.2, 0.25) is 12.0 Å². The van der Waals surface area contributed by atoms with Crippen LogP contribution in [0.15, 0.2) is 93.4 Å². The van der Waals surface area contributed by atoms with Crippen LogP contribution in [0.2, 0.25) is 5.02 Å². The third-order valence-corrected chi connectivity index (χ3v) is 18.9. The van der Waals surface area contributed by atoms with Gasteiger partial charge in [0.15, 0.2) is 6.10 Å². The zero-order valence-corrected chi connectivity index (χ0v) is 41.2. The van der Waals surface area contributed by atoms with Crippen LogP contribution in [0.3, 0.4) is 0 Å². The molecule has 2 aromatic rings. The number of likely N-dealkylation sites (tertiary alicyclic amines) is 1. The smallest absolute Gasteiger partial charge is 0.344 e. The van der Waals surface area contributed by atoms with Crippen LogP contribution < -0.4 is 0 Å². The number of carbonyl (C=O) groups excluding carboxylic acids is 4. The van der Waals surface area contributed by atoms with Crippen LogP contribution in [0.1, 0.15) is 70.4 Å². The van der Waals surface area contributed by atoms with Gasteiger partial charge in [0.25, 0.3) is 0 Å². The lowest BCUT2D eigenvalue weighted by atomic mass is 9.47. The first-order valence-corrected chi connectivity index (χ1v) is 25.2. The average molecular weight is 969 g/mol. The molecule has 1 spiro atoms. The number of ether oxygens (including phenoxy) is 4. The monoisotopic (exact) mass is 967 g/mol. The van der Waals surface area contributed by atoms with Gasteiger partial charge in [0, 0.05) is 78.5 Å². The summed E-state index contributed by atoms with van der Waals surface area (Å²) in [6.45, 7) is 8.24. The Bertz CT molecular complexity index is 2580. The summed E-state index contributed by atoms with van der Waals surface area (Å²) in [5, 5.41) is 26.3. The summed E-state index contributed by atoms with van der Waals surface area (Å²) < 4.78 is 24.2. The zero-order chi connectivity index (χ0) is 48.1. The van der Waals surface area contributed by atoms with Gasteiger partial charge in [-0.2, -0.15) is 0 Å². The number of halogens is 1. The summed E-state index contributed by atoms with van der Waals surface area (Å²) in [5.41, 5.74) is -1.70. The molecule has 15 heteroatoms. The summed E-state index contributed by atoms with van der Waals surface area (Å²) in [6.07, 6.45) is 9.74. The van der Waals surface area contributed by atoms with Gasteiger partial charge < -0.3 is 34.1 Å². The molecule has 3 aliphatic carbocycles. The maximum atomic E-state index is 15.7. The summed E-state index contributed by atoms with van der Waals surface area (Å²) in [4.78, 5) is 65.3. The highest BCUT2D eigenvalue weighted by Crippen LogP contribution is 2.71. The first-order chi connectivity index (χ1) is 32.6. The molecule has 13 nitrogen and oxygen atoms in total. The highest BCUT2D eigenvalue weighted by atomic mass is 35.5. The van der Waals surface area contributed by atoms with Crippen LogP contribution in [0.4, 0.5) is 0 Å². The molecule has 2 aromatic carbocycles. The number of benzene rings is 2. The minimum Gasteiger partial charge on any atom is -0.468 e. The SMILES string of the molecule is CC[C@]1(O)C[C@H]2CN(CCC3=C(Cc4ccc(Sc5ccccc5Cl)cc43)[C@@](C(=O)OC)(C3C=C4C(=CC3OC)N(C=O)[C@H]3[C@@](O)(C(=O)OC)[C@H](OC(C)=O)[C@]5(CC)C=CCN6CC[C@]43[C@@H]65)C2)C1. The van der Waals surface area contributed by atoms with E-state index in [-0.39, 0.29) is 5.92 Å². The predicted octanol–water partition coefficient (Wildman–Crippen LogP) is 6.39. The van der Waals surface area contributed by atoms with Crippen LogP contribution in [-0.2, 0) is 44.5 Å². The fourth-order valence-corrected chi connectivity index (χ4v) is 16.1. The molecule has 362 valence electrons. The van der Waals surface area contributed by atoms with Crippen molar-refractivity contribution in [2.45, 2.75) is 111 Å². The van der Waals surface area contributed by atoms with Gasteiger partial charge in [0.1, 0.15) is 0 Å². The van der Waals surface area contributed by atoms with E-state index in [0.29, 0.717) is 94.8 Å². The van der Waals surface area contributed by atoms with Crippen molar-refractivity contribution in [3.05, 3.63) is 99.8 Å². The molecule has 68 heavy (non-hydrogen) atoms. The summed E-state index contributed by atoms with van der Waals surface area (Å²) in [5.74, 6) is -2.95. The van der Waals surface area contributed by atoms with Crippen LogP contribution in [0.5, 0.6) is 0 Å². The number of allylic oxidation sites excluding steroid dienone is 1. The second-order valence-corrected chi connectivity index (χ2v) is 21.9. The molecular weight excluding hydrogens is 906 g/mol. The number of amides is 1. The molecule has 0 aromatic heterocycles. The first kappa shape index (κ1) is 47.4. The van der Waals surface area contributed by atoms with Crippen molar-refractivity contribution in [3.63, 3.8) is 0 Å². The van der Waals surface area contributed by atoms with Crippen LogP contribution in [0, 0.1) is 28.1 Å². The Balaban J connectivity index is 1.23. The number of methoxy groups -OCH3 is 3. The third kappa shape index (κ3) is 6.67. The van der Waals surface area contributed by atoms with Crippen LogP contribution >= 0.6 is 23.4 Å². The van der Waals surface area contributed by atoms with Crippen molar-refractivity contribution in [2.24, 2.45) is 28.1 Å². The molecule has 8 aliphatic rings. The second kappa shape index (κ2) is 17.2. The molecule has 10 rings (SSSR count). The molecule has 3 saturated heterocycles. The lowest BCUT2D eigenvalue weighted by Crippen LogP contribution is -2.80. The molecule has 2 bridgehead atoms. The fraction of sp³-hybridized carbons (Fsp3) is 0.547. The topological polar surface area (TPSA) is 155 Å². The van der Waals surface area contributed by atoms with E-state index in [1.54, 1.807) is 18.9 Å². The minimum atomic E-state index is -2.53. The first-order valence-electron chi connectivity index (χ1n) is 24.0. The number of hydrogen-bond acceptors (Lipinski definition) is 13. The molecular formula is C53H62ClN3O10S. The highest BCUT2D eigenvalue weighted by molar-refractivity contribution is 7.99. The lowest BCUT2D eigenvalue weighted by Gasteiger charge is -2.63. The number of piperidine rings is 1. The number of aliphatic hydroxyl groups is 2. The Labute approximate surface area is 407 Å². The van der Waals surface area contributed by atoms with E-state index in [2.05, 4.69) is 34.1 Å². The second-order valence-electron chi connectivity index (χ2n) is 20.4. The Morgan fingerprint density at radius 1 is 0.971 bits per heavy atom. The molecule has 5 aliphatic heterocycles. The van der Waals surface area contributed by atoms with Gasteiger partial charge in [-0.25, -0.2) is 4.79 Å². The number of hydrogen-bond donors (Lipinski definition) is 2. The Kier molecular flexibility index (Phi) is 12.0. The summed E-state index contributed by atoms with van der Waals surface area (Å²) >= 11 is 8.27. The molecule has 12 atom stereocenters. The quantitative estimate of drug-likeness (QED) is 0.117. The van der Waals surface area contributed by atoms with Crippen LogP contribution in [-0.4, -0.2) is 139 Å². The Morgan fingerprint density at radius 2 is 1.75 bits per heavy atom. The maximum Gasteiger partial charge on any atom is 0.344 e. The van der Waals surface area contributed by atoms with E-state index in [1.807, 2.05) is 56.3 Å². The van der Waals surface area contributed by atoms with E-state index in [0.717, 1.165) is 37.6 Å². The molecule has 3 unspecified atom stereocenters. The number of fused-ring (bicyclic) bond motifs is 5. The van der Waals surface area contributed by atoms with Crippen molar-refractivity contribution in [1.29, 1.82) is 0 Å². The van der Waals surface area contributed by atoms with Crippen molar-refractivity contribution in [3.8, 4) is 0 Å². The Hall–Kier alpha value is -4.28. The molecule has 2 N–H and O–H groups in total. The highest BCUT2D eigenvalue weighted by Gasteiger charge is 2.82. The summed E-state index contributed by atoms with van der Waals surface area (Å²) in [6, 6.07) is 12.5. The Morgan fingerprint density at radius 3 is 2.44 bits per heavy atom. The van der Waals surface area contributed by atoms with E-state index >= 15 is 4.79 Å². The third-order valence-electron chi connectivity index (χ3n) is 17.4. The standard InChI is InChI=1S/C53H62ClN3O10S/c1-7-49(62)26-32-27-52(47(60)65-5,37-22-33-14-15-34(68-43-13-10-9-12-40(43)54)23-36(33)35(37)16-20-55(28-32)29-49)39-24-38-41(25-42(39)64-4)57(30-58)45-51(38)18-21-56-19-11-17-50(8-2,44(51)56)46(67-31(3)59)53(45,63)48(61)66-6/h9-15,17,23-25,30,32,39,42,44-46,62-63H,7-8,16,18-22,26-29H2,1-6H3/t32-,39?,42?,44+,45-,46-,49+,50-,51-,52-,53+/m1/s1. The molecule has 1 amide bonds. The minimum absolute atomic E-state index is 0.126. The largest absolute Gasteiger partial charge is 0.468 e. The number of esters is 3. The molecule has 5 heterocycles. The fourth-order valence-electron chi connectivity index (χ4n) is 14.9. The average Bonchev–Trinajstić information content (AvgIpc) is 4.01. The molecule has 4 fully saturated rings. The lowest BCUT2D eigenvalue weighted by molar-refractivity contribution is -0.242. The van der Waals surface area contributed by atoms with Crippen molar-refractivity contribution >= 4 is 53.3 Å². The van der Waals surface area contributed by atoms with Crippen LogP contribution in [0.25, 0.3) is 5.57 Å². The van der Waals surface area contributed by atoms with Crippen molar-refractivity contribution in [1.82, 2.24) is 14.7 Å². The number of rotatable bonds is 10. The van der Waals surface area contributed by atoms with Gasteiger partial charge in [-0.15, -0.1) is 0 Å². The predicted molar refractivity (Wildman–Crippen MR) is 255 cm³/mol. The van der Waals surface area contributed by atoms with E-state index in [9.17, 15) is 24.6 Å². The van der Waals surface area contributed by atoms with Gasteiger partial charge in [0.05, 0.1) is 42.4 Å². The van der Waals surface area contributed by atoms with Crippen molar-refractivity contribution in [2.75, 3.05) is 54.1 Å². The van der Waals surface area contributed by atoms with E-state index < -0.39 is 75.6 Å². The molecule has 1 saturated carbocycles. The van der Waals surface area contributed by atoms with Gasteiger partial charge in [-0.05, 0) is 116 Å². The number of carbonyl (C=O) groups is 4. The van der Waals surface area contributed by atoms with E-state index in [4.69, 9.17) is 30.5 Å². The van der Waals surface area contributed by atoms with Crippen molar-refractivity contribution < 1.29 is 48.3 Å². The maximum absolute atomic E-state index is 15.7. The van der Waals surface area contributed by atoms with Gasteiger partial charge in [-0.1, -0.05) is 73.6 Å². The molecule has 0 radical (unpaired) electrons. The zero-order valence-electron chi connectivity index (χ0n) is 39.7. The normalized spacial score (nSPS) is 37.8.